The minimum absolute atomic E-state index is 0.355. The van der Waals surface area contributed by atoms with E-state index in [0.717, 1.165) is 12.1 Å². The lowest BCUT2D eigenvalue weighted by atomic mass is 10.1. The van der Waals surface area contributed by atoms with Crippen LogP contribution in [0.15, 0.2) is 36.5 Å². The molecule has 2 rings (SSSR count). The maximum atomic E-state index is 13.6. The Bertz CT molecular complexity index is 511. The Balaban J connectivity index is 2.33. The Hall–Kier alpha value is -1.45. The molecule has 1 N–H and O–H groups in total. The predicted molar refractivity (Wildman–Crippen MR) is 67.4 cm³/mol. The van der Waals surface area contributed by atoms with Gasteiger partial charge in [-0.3, -0.25) is 4.98 Å². The SMILES string of the molecule is CNCc1ccc(-c2ccc(Cl)cc2F)nc1. The highest BCUT2D eigenvalue weighted by Crippen LogP contribution is 2.23. The van der Waals surface area contributed by atoms with E-state index in [1.807, 2.05) is 13.1 Å². The van der Waals surface area contributed by atoms with E-state index >= 15 is 0 Å². The number of rotatable bonds is 3. The summed E-state index contributed by atoms with van der Waals surface area (Å²) in [6, 6.07) is 8.31. The second-order valence-electron chi connectivity index (χ2n) is 3.71. The number of hydrogen-bond acceptors (Lipinski definition) is 2. The third kappa shape index (κ3) is 2.81. The molecular weight excluding hydrogens is 239 g/mol. The van der Waals surface area contributed by atoms with Crippen LogP contribution >= 0.6 is 11.6 Å². The van der Waals surface area contributed by atoms with Crippen molar-refractivity contribution >= 4 is 11.6 Å². The molecular formula is C13H12ClFN2. The summed E-state index contributed by atoms with van der Waals surface area (Å²) in [6.45, 7) is 0.746. The van der Waals surface area contributed by atoms with E-state index in [1.54, 1.807) is 24.4 Å². The predicted octanol–water partition coefficient (Wildman–Crippen LogP) is 3.26. The second-order valence-corrected chi connectivity index (χ2v) is 4.14. The van der Waals surface area contributed by atoms with Gasteiger partial charge in [-0.2, -0.15) is 0 Å². The normalized spacial score (nSPS) is 10.5. The summed E-state index contributed by atoms with van der Waals surface area (Å²) in [5.74, 6) is -0.355. The fourth-order valence-corrected chi connectivity index (χ4v) is 1.75. The van der Waals surface area contributed by atoms with Crippen molar-refractivity contribution in [3.63, 3.8) is 0 Å². The third-order valence-corrected chi connectivity index (χ3v) is 2.65. The Morgan fingerprint density at radius 1 is 1.29 bits per heavy atom. The second kappa shape index (κ2) is 5.25. The van der Waals surface area contributed by atoms with Crippen LogP contribution < -0.4 is 5.32 Å². The van der Waals surface area contributed by atoms with E-state index in [4.69, 9.17) is 11.6 Å². The zero-order valence-corrected chi connectivity index (χ0v) is 10.1. The molecule has 17 heavy (non-hydrogen) atoms. The molecule has 4 heteroatoms. The molecule has 0 aliphatic heterocycles. The lowest BCUT2D eigenvalue weighted by molar-refractivity contribution is 0.631. The smallest absolute Gasteiger partial charge is 0.134 e. The van der Waals surface area contributed by atoms with Crippen LogP contribution in [0.1, 0.15) is 5.56 Å². The Morgan fingerprint density at radius 2 is 2.12 bits per heavy atom. The first-order valence-corrected chi connectivity index (χ1v) is 5.63. The van der Waals surface area contributed by atoms with Gasteiger partial charge in [-0.15, -0.1) is 0 Å². The fourth-order valence-electron chi connectivity index (χ4n) is 1.59. The molecule has 0 aliphatic carbocycles. The van der Waals surface area contributed by atoms with Crippen molar-refractivity contribution < 1.29 is 4.39 Å². The molecule has 0 unspecified atom stereocenters. The fraction of sp³-hybridized carbons (Fsp3) is 0.154. The van der Waals surface area contributed by atoms with Gasteiger partial charge in [-0.25, -0.2) is 4.39 Å². The molecule has 0 saturated carbocycles. The molecule has 2 nitrogen and oxygen atoms in total. The van der Waals surface area contributed by atoms with E-state index in [-0.39, 0.29) is 5.82 Å². The van der Waals surface area contributed by atoms with Gasteiger partial charge in [0, 0.05) is 23.3 Å². The number of nitrogens with one attached hydrogen (secondary N) is 1. The van der Waals surface area contributed by atoms with Gasteiger partial charge in [0.25, 0.3) is 0 Å². The van der Waals surface area contributed by atoms with Crippen molar-refractivity contribution in [1.29, 1.82) is 0 Å². The molecule has 0 fully saturated rings. The number of halogens is 2. The molecule has 2 aromatic rings. The van der Waals surface area contributed by atoms with E-state index < -0.39 is 0 Å². The van der Waals surface area contributed by atoms with E-state index in [2.05, 4.69) is 10.3 Å². The van der Waals surface area contributed by atoms with Crippen LogP contribution in [0.5, 0.6) is 0 Å². The molecule has 0 amide bonds. The summed E-state index contributed by atoms with van der Waals surface area (Å²) < 4.78 is 13.6. The van der Waals surface area contributed by atoms with Crippen LogP contribution in [0.4, 0.5) is 4.39 Å². The summed E-state index contributed by atoms with van der Waals surface area (Å²) in [5.41, 5.74) is 2.13. The van der Waals surface area contributed by atoms with E-state index in [0.29, 0.717) is 16.3 Å². The van der Waals surface area contributed by atoms with Gasteiger partial charge in [0.1, 0.15) is 5.82 Å². The third-order valence-electron chi connectivity index (χ3n) is 2.41. The van der Waals surface area contributed by atoms with Crippen molar-refractivity contribution in [2.45, 2.75) is 6.54 Å². The first kappa shape index (κ1) is 12.0. The van der Waals surface area contributed by atoms with Crippen LogP contribution in [0.2, 0.25) is 5.02 Å². The molecule has 0 atom stereocenters. The summed E-state index contributed by atoms with van der Waals surface area (Å²) >= 11 is 5.70. The molecule has 0 bridgehead atoms. The molecule has 0 spiro atoms. The largest absolute Gasteiger partial charge is 0.316 e. The van der Waals surface area contributed by atoms with Crippen LogP contribution in [0.25, 0.3) is 11.3 Å². The van der Waals surface area contributed by atoms with Gasteiger partial charge in [-0.05, 0) is 36.9 Å². The number of aromatic nitrogens is 1. The Kier molecular flexibility index (Phi) is 3.71. The number of pyridine rings is 1. The molecule has 88 valence electrons. The lowest BCUT2D eigenvalue weighted by Crippen LogP contribution is -2.05. The zero-order chi connectivity index (χ0) is 12.3. The quantitative estimate of drug-likeness (QED) is 0.905. The first-order chi connectivity index (χ1) is 8.20. The van der Waals surface area contributed by atoms with Crippen molar-refractivity contribution in [1.82, 2.24) is 10.3 Å². The van der Waals surface area contributed by atoms with Crippen molar-refractivity contribution in [3.05, 3.63) is 52.9 Å². The highest BCUT2D eigenvalue weighted by molar-refractivity contribution is 6.30. The summed E-state index contributed by atoms with van der Waals surface area (Å²) in [4.78, 5) is 4.23. The average molecular weight is 251 g/mol. The topological polar surface area (TPSA) is 24.9 Å². The average Bonchev–Trinajstić information content (AvgIpc) is 2.31. The van der Waals surface area contributed by atoms with Crippen molar-refractivity contribution in [3.8, 4) is 11.3 Å². The Morgan fingerprint density at radius 3 is 2.71 bits per heavy atom. The Labute approximate surface area is 104 Å². The number of hydrogen-bond donors (Lipinski definition) is 1. The van der Waals surface area contributed by atoms with Crippen LogP contribution in [-0.4, -0.2) is 12.0 Å². The van der Waals surface area contributed by atoms with Gasteiger partial charge in [0.05, 0.1) is 5.69 Å². The molecule has 0 aliphatic rings. The van der Waals surface area contributed by atoms with Gasteiger partial charge in [0.2, 0.25) is 0 Å². The maximum Gasteiger partial charge on any atom is 0.134 e. The number of nitrogens with zero attached hydrogens (tertiary/aromatic N) is 1. The summed E-state index contributed by atoms with van der Waals surface area (Å²) in [6.07, 6.45) is 1.74. The minimum Gasteiger partial charge on any atom is -0.316 e. The first-order valence-electron chi connectivity index (χ1n) is 5.25. The lowest BCUT2D eigenvalue weighted by Gasteiger charge is -2.04. The van der Waals surface area contributed by atoms with Gasteiger partial charge >= 0.3 is 0 Å². The molecule has 0 saturated heterocycles. The monoisotopic (exact) mass is 250 g/mol. The van der Waals surface area contributed by atoms with Gasteiger partial charge in [0.15, 0.2) is 0 Å². The molecule has 0 radical (unpaired) electrons. The van der Waals surface area contributed by atoms with Crippen molar-refractivity contribution in [2.75, 3.05) is 7.05 Å². The molecule has 1 aromatic carbocycles. The van der Waals surface area contributed by atoms with Gasteiger partial charge in [-0.1, -0.05) is 17.7 Å². The highest BCUT2D eigenvalue weighted by atomic mass is 35.5. The van der Waals surface area contributed by atoms with Crippen LogP contribution in [0.3, 0.4) is 0 Å². The van der Waals surface area contributed by atoms with Crippen molar-refractivity contribution in [2.24, 2.45) is 0 Å². The number of benzene rings is 1. The minimum atomic E-state index is -0.355. The van der Waals surface area contributed by atoms with E-state index in [9.17, 15) is 4.39 Å². The maximum absolute atomic E-state index is 13.6. The highest BCUT2D eigenvalue weighted by Gasteiger charge is 2.06. The van der Waals surface area contributed by atoms with Gasteiger partial charge < -0.3 is 5.32 Å². The van der Waals surface area contributed by atoms with Crippen LogP contribution in [-0.2, 0) is 6.54 Å². The standard InChI is InChI=1S/C13H12ClFN2/c1-16-7-9-2-5-13(17-8-9)11-4-3-10(14)6-12(11)15/h2-6,8,16H,7H2,1H3. The molecule has 1 aromatic heterocycles. The zero-order valence-electron chi connectivity index (χ0n) is 9.37. The van der Waals surface area contributed by atoms with Crippen LogP contribution in [0, 0.1) is 5.82 Å². The summed E-state index contributed by atoms with van der Waals surface area (Å²) in [7, 11) is 1.87. The summed E-state index contributed by atoms with van der Waals surface area (Å²) in [5, 5.41) is 3.42. The molecule has 1 heterocycles. The van der Waals surface area contributed by atoms with E-state index in [1.165, 1.54) is 6.07 Å².